The molecule has 1 heterocycles. The van der Waals surface area contributed by atoms with Gasteiger partial charge in [-0.25, -0.2) is 0 Å². The lowest BCUT2D eigenvalue weighted by Crippen LogP contribution is -2.28. The number of hydrogen-bond donors (Lipinski definition) is 0. The highest BCUT2D eigenvalue weighted by Crippen LogP contribution is 2.40. The Morgan fingerprint density at radius 3 is 2.53 bits per heavy atom. The van der Waals surface area contributed by atoms with Crippen molar-refractivity contribution in [3.8, 4) is 0 Å². The maximum atomic E-state index is 4.84. The molecule has 19 heavy (non-hydrogen) atoms. The van der Waals surface area contributed by atoms with Gasteiger partial charge in [0.1, 0.15) is 0 Å². The molecule has 0 spiro atoms. The first-order chi connectivity index (χ1) is 9.23. The van der Waals surface area contributed by atoms with Crippen molar-refractivity contribution in [3.63, 3.8) is 0 Å². The van der Waals surface area contributed by atoms with Gasteiger partial charge in [-0.05, 0) is 43.6 Å². The van der Waals surface area contributed by atoms with Crippen LogP contribution in [0.4, 0.5) is 0 Å². The fourth-order valence-electron chi connectivity index (χ4n) is 3.38. The Morgan fingerprint density at radius 2 is 1.95 bits per heavy atom. The lowest BCUT2D eigenvalue weighted by atomic mass is 9.73. The fraction of sp³-hybridized carbons (Fsp3) is 0.812. The molecule has 0 bridgehead atoms. The molecule has 2 nitrogen and oxygen atoms in total. The van der Waals surface area contributed by atoms with E-state index in [2.05, 4.69) is 46.7 Å². The number of aromatic nitrogens is 2. The van der Waals surface area contributed by atoms with Crippen LogP contribution in [-0.4, -0.2) is 15.1 Å². The van der Waals surface area contributed by atoms with Crippen molar-refractivity contribution >= 4 is 15.9 Å². The van der Waals surface area contributed by atoms with E-state index in [1.54, 1.807) is 0 Å². The van der Waals surface area contributed by atoms with Gasteiger partial charge in [-0.2, -0.15) is 5.10 Å². The molecular formula is C16H27BrN2. The van der Waals surface area contributed by atoms with Crippen LogP contribution in [0, 0.1) is 5.41 Å². The van der Waals surface area contributed by atoms with Crippen LogP contribution < -0.4 is 0 Å². The third-order valence-corrected chi connectivity index (χ3v) is 5.92. The first kappa shape index (κ1) is 15.1. The summed E-state index contributed by atoms with van der Waals surface area (Å²) in [5.41, 5.74) is 1.75. The monoisotopic (exact) mass is 326 g/mol. The van der Waals surface area contributed by atoms with Gasteiger partial charge in [-0.1, -0.05) is 49.0 Å². The van der Waals surface area contributed by atoms with E-state index in [9.17, 15) is 0 Å². The minimum Gasteiger partial charge on any atom is -0.269 e. The van der Waals surface area contributed by atoms with Gasteiger partial charge in [0.05, 0.1) is 11.7 Å². The van der Waals surface area contributed by atoms with E-state index in [1.165, 1.54) is 50.6 Å². The summed E-state index contributed by atoms with van der Waals surface area (Å²) in [5.74, 6) is 0. The van der Waals surface area contributed by atoms with Gasteiger partial charge in [-0.15, -0.1) is 0 Å². The molecule has 0 N–H and O–H groups in total. The van der Waals surface area contributed by atoms with E-state index < -0.39 is 0 Å². The number of nitrogens with zero attached hydrogens (tertiary/aromatic N) is 2. The van der Waals surface area contributed by atoms with Crippen molar-refractivity contribution in [2.45, 2.75) is 71.3 Å². The number of rotatable bonds is 6. The van der Waals surface area contributed by atoms with Crippen molar-refractivity contribution in [1.82, 2.24) is 9.78 Å². The lowest BCUT2D eigenvalue weighted by molar-refractivity contribution is 0.220. The average molecular weight is 327 g/mol. The second-order valence-electron chi connectivity index (χ2n) is 6.13. The summed E-state index contributed by atoms with van der Waals surface area (Å²) in [6.07, 6.45) is 12.6. The summed E-state index contributed by atoms with van der Waals surface area (Å²) in [7, 11) is 0. The molecular weight excluding hydrogens is 300 g/mol. The Hall–Kier alpha value is -0.310. The van der Waals surface area contributed by atoms with Crippen LogP contribution in [-0.2, 0) is 6.42 Å². The van der Waals surface area contributed by atoms with Crippen LogP contribution in [0.25, 0.3) is 0 Å². The Balaban J connectivity index is 2.05. The first-order valence-corrected chi connectivity index (χ1v) is 8.95. The second kappa shape index (κ2) is 6.92. The topological polar surface area (TPSA) is 17.8 Å². The molecule has 1 aromatic heterocycles. The van der Waals surface area contributed by atoms with E-state index in [1.807, 2.05) is 0 Å². The Labute approximate surface area is 126 Å². The van der Waals surface area contributed by atoms with Crippen LogP contribution in [0.2, 0.25) is 0 Å². The van der Waals surface area contributed by atoms with Gasteiger partial charge >= 0.3 is 0 Å². The predicted molar refractivity (Wildman–Crippen MR) is 84.9 cm³/mol. The van der Waals surface area contributed by atoms with Gasteiger partial charge in [0.15, 0.2) is 0 Å². The summed E-state index contributed by atoms with van der Waals surface area (Å²) in [5, 5.41) is 5.96. The molecule has 1 aliphatic carbocycles. The third-order valence-electron chi connectivity index (χ3n) is 4.73. The fourth-order valence-corrected chi connectivity index (χ4v) is 4.14. The molecule has 1 aromatic rings. The normalized spacial score (nSPS) is 18.9. The van der Waals surface area contributed by atoms with E-state index in [0.29, 0.717) is 11.5 Å². The van der Waals surface area contributed by atoms with E-state index >= 15 is 0 Å². The largest absolute Gasteiger partial charge is 0.269 e. The molecule has 108 valence electrons. The first-order valence-electron chi connectivity index (χ1n) is 7.83. The third kappa shape index (κ3) is 3.62. The molecule has 0 aromatic carbocycles. The molecule has 0 unspecified atom stereocenters. The van der Waals surface area contributed by atoms with Gasteiger partial charge in [-0.3, -0.25) is 4.68 Å². The zero-order valence-electron chi connectivity index (χ0n) is 12.4. The molecule has 0 radical (unpaired) electrons. The van der Waals surface area contributed by atoms with Gasteiger partial charge < -0.3 is 0 Å². The molecule has 0 saturated heterocycles. The molecule has 0 atom stereocenters. The zero-order valence-corrected chi connectivity index (χ0v) is 14.0. The van der Waals surface area contributed by atoms with Gasteiger partial charge in [0.25, 0.3) is 0 Å². The van der Waals surface area contributed by atoms with Crippen LogP contribution in [0.3, 0.4) is 0 Å². The van der Waals surface area contributed by atoms with Crippen molar-refractivity contribution < 1.29 is 0 Å². The molecule has 1 aliphatic rings. The van der Waals surface area contributed by atoms with E-state index in [4.69, 9.17) is 5.10 Å². The Morgan fingerprint density at radius 1 is 1.26 bits per heavy atom. The number of hydrogen-bond acceptors (Lipinski definition) is 1. The molecule has 1 fully saturated rings. The molecule has 0 aliphatic heterocycles. The van der Waals surface area contributed by atoms with Crippen molar-refractivity contribution in [3.05, 3.63) is 18.0 Å². The highest BCUT2D eigenvalue weighted by Gasteiger charge is 2.31. The van der Waals surface area contributed by atoms with Gasteiger partial charge in [0.2, 0.25) is 0 Å². The maximum absolute atomic E-state index is 4.84. The maximum Gasteiger partial charge on any atom is 0.0630 e. The zero-order chi connectivity index (χ0) is 13.7. The SMILES string of the molecule is CCC(CC)n1ccc(CC2(CBr)CCCCC2)n1. The van der Waals surface area contributed by atoms with Crippen LogP contribution in [0.5, 0.6) is 0 Å². The molecule has 3 heteroatoms. The minimum atomic E-state index is 0.464. The molecule has 2 rings (SSSR count). The Kier molecular flexibility index (Phi) is 5.49. The highest BCUT2D eigenvalue weighted by molar-refractivity contribution is 9.09. The minimum absolute atomic E-state index is 0.464. The van der Waals surface area contributed by atoms with Crippen LogP contribution in [0.15, 0.2) is 12.3 Å². The van der Waals surface area contributed by atoms with Crippen LogP contribution >= 0.6 is 15.9 Å². The second-order valence-corrected chi connectivity index (χ2v) is 6.69. The molecule has 1 saturated carbocycles. The number of halogens is 1. The van der Waals surface area contributed by atoms with Crippen LogP contribution in [0.1, 0.15) is 70.5 Å². The smallest absolute Gasteiger partial charge is 0.0630 e. The number of alkyl halides is 1. The Bertz CT molecular complexity index is 376. The predicted octanol–water partition coefficient (Wildman–Crippen LogP) is 5.13. The summed E-state index contributed by atoms with van der Waals surface area (Å²) >= 11 is 3.75. The highest BCUT2D eigenvalue weighted by atomic mass is 79.9. The lowest BCUT2D eigenvalue weighted by Gasteiger charge is -2.35. The molecule has 0 amide bonds. The summed E-state index contributed by atoms with van der Waals surface area (Å²) < 4.78 is 2.18. The van der Waals surface area contributed by atoms with E-state index in [-0.39, 0.29) is 0 Å². The quantitative estimate of drug-likeness (QED) is 0.662. The summed E-state index contributed by atoms with van der Waals surface area (Å²) in [6.45, 7) is 4.49. The van der Waals surface area contributed by atoms with Gasteiger partial charge in [0, 0.05) is 11.5 Å². The average Bonchev–Trinajstić information content (AvgIpc) is 2.89. The van der Waals surface area contributed by atoms with E-state index in [0.717, 1.165) is 11.8 Å². The summed E-state index contributed by atoms with van der Waals surface area (Å²) in [6, 6.07) is 2.80. The summed E-state index contributed by atoms with van der Waals surface area (Å²) in [4.78, 5) is 0. The van der Waals surface area contributed by atoms with Crippen molar-refractivity contribution in [1.29, 1.82) is 0 Å². The van der Waals surface area contributed by atoms with Crippen molar-refractivity contribution in [2.75, 3.05) is 5.33 Å². The van der Waals surface area contributed by atoms with Crippen molar-refractivity contribution in [2.24, 2.45) is 5.41 Å². The standard InChI is InChI=1S/C16H27BrN2/c1-3-15(4-2)19-11-8-14(18-19)12-16(13-17)9-6-5-7-10-16/h8,11,15H,3-7,9-10,12-13H2,1-2H3.